The van der Waals surface area contributed by atoms with E-state index in [1.807, 2.05) is 13.0 Å². The lowest BCUT2D eigenvalue weighted by molar-refractivity contribution is 0.605. The van der Waals surface area contributed by atoms with Gasteiger partial charge in [-0.25, -0.2) is 14.4 Å². The van der Waals surface area contributed by atoms with Crippen molar-refractivity contribution in [2.75, 3.05) is 11.4 Å². The van der Waals surface area contributed by atoms with Gasteiger partial charge in [0.15, 0.2) is 0 Å². The number of halogens is 2. The second-order valence-electron chi connectivity index (χ2n) is 7.26. The Morgan fingerprint density at radius 2 is 1.75 bits per heavy atom. The van der Waals surface area contributed by atoms with Crippen molar-refractivity contribution < 1.29 is 4.39 Å². The Kier molecular flexibility index (Phi) is 5.99. The highest BCUT2D eigenvalue weighted by molar-refractivity contribution is 5.85. The second kappa shape index (κ2) is 8.27. The second-order valence-corrected chi connectivity index (χ2v) is 7.26. The maximum Gasteiger partial charge on any atom is 0.136 e. The molecule has 0 saturated carbocycles. The van der Waals surface area contributed by atoms with Crippen molar-refractivity contribution in [3.63, 3.8) is 0 Å². The fourth-order valence-corrected chi connectivity index (χ4v) is 3.90. The van der Waals surface area contributed by atoms with Crippen molar-refractivity contribution in [1.82, 2.24) is 9.97 Å². The van der Waals surface area contributed by atoms with Gasteiger partial charge in [0.1, 0.15) is 17.5 Å². The van der Waals surface area contributed by atoms with Crippen LogP contribution in [0.15, 0.2) is 48.5 Å². The summed E-state index contributed by atoms with van der Waals surface area (Å²) in [5, 5.41) is 0. The average molecular weight is 398 g/mol. The molecular weight excluding hydrogens is 373 g/mol. The molecule has 1 aliphatic rings. The third-order valence-corrected chi connectivity index (χ3v) is 5.58. The molecule has 0 amide bonds. The van der Waals surface area contributed by atoms with Gasteiger partial charge in [-0.1, -0.05) is 42.5 Å². The lowest BCUT2D eigenvalue weighted by atomic mass is 9.93. The van der Waals surface area contributed by atoms with E-state index in [2.05, 4.69) is 48.0 Å². The predicted octanol–water partition coefficient (Wildman–Crippen LogP) is 5.37. The van der Waals surface area contributed by atoms with Crippen LogP contribution in [0.25, 0.3) is 0 Å². The van der Waals surface area contributed by atoms with Crippen LogP contribution >= 0.6 is 12.4 Å². The lowest BCUT2D eigenvalue weighted by Crippen LogP contribution is -2.35. The molecule has 3 aromatic rings. The fourth-order valence-electron chi connectivity index (χ4n) is 3.90. The van der Waals surface area contributed by atoms with Gasteiger partial charge in [-0.2, -0.15) is 0 Å². The molecule has 3 nitrogen and oxygen atoms in total. The van der Waals surface area contributed by atoms with Gasteiger partial charge < -0.3 is 4.90 Å². The minimum Gasteiger partial charge on any atom is -0.349 e. The van der Waals surface area contributed by atoms with Crippen LogP contribution in [0.1, 0.15) is 46.7 Å². The average Bonchev–Trinajstić information content (AvgIpc) is 2.67. The Balaban J connectivity index is 0.00000225. The minimum absolute atomic E-state index is 0. The Labute approximate surface area is 172 Å². The molecule has 28 heavy (non-hydrogen) atoms. The maximum absolute atomic E-state index is 14.1. The van der Waals surface area contributed by atoms with E-state index < -0.39 is 0 Å². The summed E-state index contributed by atoms with van der Waals surface area (Å²) in [4.78, 5) is 11.9. The molecule has 2 aromatic carbocycles. The third kappa shape index (κ3) is 3.74. The van der Waals surface area contributed by atoms with E-state index in [0.29, 0.717) is 17.8 Å². The number of fused-ring (bicyclic) bond motifs is 1. The number of benzene rings is 2. The summed E-state index contributed by atoms with van der Waals surface area (Å²) in [6.07, 6.45) is 1.41. The standard InChI is InChI=1S/C23H24FN3.ClH/c1-15-16(2)25-22(14-19-9-5-7-11-21(19)24)26-23(15)27-13-12-18-8-4-6-10-20(18)17(27)3;/h4-11,17H,12-14H2,1-3H3;1H. The Bertz CT molecular complexity index is 989. The zero-order valence-electron chi connectivity index (χ0n) is 16.4. The molecule has 0 fully saturated rings. The number of hydrogen-bond donors (Lipinski definition) is 0. The molecule has 1 aliphatic heterocycles. The summed E-state index contributed by atoms with van der Waals surface area (Å²) in [5.74, 6) is 1.43. The number of aryl methyl sites for hydroxylation is 1. The highest BCUT2D eigenvalue weighted by atomic mass is 35.5. The first kappa shape index (κ1) is 20.3. The van der Waals surface area contributed by atoms with E-state index in [0.717, 1.165) is 30.0 Å². The SMILES string of the molecule is Cc1nc(Cc2ccccc2F)nc(N2CCc3ccccc3C2C)c1C.Cl. The number of rotatable bonds is 3. The van der Waals surface area contributed by atoms with Crippen LogP contribution in [-0.4, -0.2) is 16.5 Å². The highest BCUT2D eigenvalue weighted by Crippen LogP contribution is 2.34. The Morgan fingerprint density at radius 1 is 1.04 bits per heavy atom. The van der Waals surface area contributed by atoms with Crippen molar-refractivity contribution >= 4 is 18.2 Å². The first-order chi connectivity index (χ1) is 13.0. The molecule has 146 valence electrons. The van der Waals surface area contributed by atoms with Crippen LogP contribution in [0, 0.1) is 19.7 Å². The smallest absolute Gasteiger partial charge is 0.136 e. The minimum atomic E-state index is -0.207. The molecule has 1 aromatic heterocycles. The van der Waals surface area contributed by atoms with Gasteiger partial charge in [0.2, 0.25) is 0 Å². The summed E-state index contributed by atoms with van der Waals surface area (Å²) in [6, 6.07) is 15.7. The number of anilines is 1. The van der Waals surface area contributed by atoms with Crippen molar-refractivity contribution in [2.45, 2.75) is 39.7 Å². The number of hydrogen-bond acceptors (Lipinski definition) is 3. The van der Waals surface area contributed by atoms with Crippen molar-refractivity contribution in [2.24, 2.45) is 0 Å². The Hall–Kier alpha value is -2.46. The van der Waals surface area contributed by atoms with E-state index in [1.54, 1.807) is 12.1 Å². The van der Waals surface area contributed by atoms with Crippen LogP contribution in [0.5, 0.6) is 0 Å². The molecule has 5 heteroatoms. The Morgan fingerprint density at radius 3 is 2.54 bits per heavy atom. The quantitative estimate of drug-likeness (QED) is 0.595. The van der Waals surface area contributed by atoms with Crippen molar-refractivity contribution in [1.29, 1.82) is 0 Å². The molecule has 0 radical (unpaired) electrons. The van der Waals surface area contributed by atoms with E-state index >= 15 is 0 Å². The monoisotopic (exact) mass is 397 g/mol. The van der Waals surface area contributed by atoms with Crippen molar-refractivity contribution in [3.05, 3.63) is 88.1 Å². The number of nitrogens with zero attached hydrogens (tertiary/aromatic N) is 3. The fraction of sp³-hybridized carbons (Fsp3) is 0.304. The van der Waals surface area contributed by atoms with Crippen LogP contribution in [0.4, 0.5) is 10.2 Å². The molecule has 0 spiro atoms. The molecule has 0 bridgehead atoms. The van der Waals surface area contributed by atoms with E-state index in [9.17, 15) is 4.39 Å². The van der Waals surface area contributed by atoms with Crippen LogP contribution < -0.4 is 4.90 Å². The van der Waals surface area contributed by atoms with Gasteiger partial charge in [-0.15, -0.1) is 12.4 Å². The molecule has 2 heterocycles. The van der Waals surface area contributed by atoms with E-state index in [-0.39, 0.29) is 24.3 Å². The molecule has 0 N–H and O–H groups in total. The van der Waals surface area contributed by atoms with Gasteiger partial charge in [-0.3, -0.25) is 0 Å². The van der Waals surface area contributed by atoms with Crippen LogP contribution in [0.2, 0.25) is 0 Å². The van der Waals surface area contributed by atoms with E-state index in [1.165, 1.54) is 17.2 Å². The topological polar surface area (TPSA) is 29.0 Å². The zero-order chi connectivity index (χ0) is 19.0. The van der Waals surface area contributed by atoms with Crippen molar-refractivity contribution in [3.8, 4) is 0 Å². The number of aromatic nitrogens is 2. The lowest BCUT2D eigenvalue weighted by Gasteiger charge is -2.37. The molecule has 1 unspecified atom stereocenters. The van der Waals surface area contributed by atoms with Gasteiger partial charge in [0.05, 0.1) is 6.04 Å². The maximum atomic E-state index is 14.1. The summed E-state index contributed by atoms with van der Waals surface area (Å²) in [6.45, 7) is 7.23. The molecular formula is C23H25ClFN3. The molecule has 4 rings (SSSR count). The van der Waals surface area contributed by atoms with Gasteiger partial charge in [-0.05, 0) is 49.9 Å². The highest BCUT2D eigenvalue weighted by Gasteiger charge is 2.26. The first-order valence-electron chi connectivity index (χ1n) is 9.46. The largest absolute Gasteiger partial charge is 0.349 e. The van der Waals surface area contributed by atoms with Gasteiger partial charge in [0, 0.05) is 24.2 Å². The summed E-state index contributed by atoms with van der Waals surface area (Å²) in [7, 11) is 0. The predicted molar refractivity (Wildman–Crippen MR) is 114 cm³/mol. The summed E-state index contributed by atoms with van der Waals surface area (Å²) < 4.78 is 14.1. The van der Waals surface area contributed by atoms with Crippen LogP contribution in [0.3, 0.4) is 0 Å². The first-order valence-corrected chi connectivity index (χ1v) is 9.46. The van der Waals surface area contributed by atoms with E-state index in [4.69, 9.17) is 4.98 Å². The molecule has 0 aliphatic carbocycles. The normalized spacial score (nSPS) is 15.7. The van der Waals surface area contributed by atoms with Crippen LogP contribution in [-0.2, 0) is 12.8 Å². The molecule has 0 saturated heterocycles. The van der Waals surface area contributed by atoms with Gasteiger partial charge in [0.25, 0.3) is 0 Å². The van der Waals surface area contributed by atoms with Gasteiger partial charge >= 0.3 is 0 Å². The third-order valence-electron chi connectivity index (χ3n) is 5.58. The summed E-state index contributed by atoms with van der Waals surface area (Å²) >= 11 is 0. The summed E-state index contributed by atoms with van der Waals surface area (Å²) in [5.41, 5.74) is 5.45. The zero-order valence-corrected chi connectivity index (χ0v) is 17.3. The molecule has 1 atom stereocenters.